The Morgan fingerprint density at radius 3 is 2.52 bits per heavy atom. The Morgan fingerprint density at radius 1 is 1.11 bits per heavy atom. The highest BCUT2D eigenvalue weighted by Crippen LogP contribution is 2.19. The number of nitrogens with one attached hydrogen (secondary N) is 4. The Bertz CT molecular complexity index is 922. The topological polar surface area (TPSA) is 99.3 Å². The van der Waals surface area contributed by atoms with Gasteiger partial charge in [-0.05, 0) is 30.3 Å². The van der Waals surface area contributed by atoms with Crippen molar-refractivity contribution in [3.05, 3.63) is 65.7 Å². The van der Waals surface area contributed by atoms with Crippen LogP contribution in [-0.4, -0.2) is 26.2 Å². The quantitative estimate of drug-likeness (QED) is 0.586. The van der Waals surface area contributed by atoms with E-state index >= 15 is 0 Å². The molecular formula is C17H18F2N4O3S. The van der Waals surface area contributed by atoms with Crippen LogP contribution in [0.25, 0.3) is 0 Å². The van der Waals surface area contributed by atoms with E-state index in [-0.39, 0.29) is 18.8 Å². The third-order valence-electron chi connectivity index (χ3n) is 4.12. The number of hydrazine groups is 1. The number of hydrogen-bond acceptors (Lipinski definition) is 5. The maximum absolute atomic E-state index is 13.6. The zero-order valence-corrected chi connectivity index (χ0v) is 14.9. The summed E-state index contributed by atoms with van der Waals surface area (Å²) in [5.74, 6) is -2.42. The lowest BCUT2D eigenvalue weighted by molar-refractivity contribution is -0.124. The molecule has 0 saturated carbocycles. The molecule has 0 bridgehead atoms. The molecule has 1 fully saturated rings. The summed E-state index contributed by atoms with van der Waals surface area (Å²) in [4.78, 5) is 12.4. The summed E-state index contributed by atoms with van der Waals surface area (Å²) in [6.07, 6.45) is 0. The van der Waals surface area contributed by atoms with Crippen molar-refractivity contribution in [2.75, 3.05) is 11.3 Å². The smallest absolute Gasteiger partial charge is 0.250 e. The zero-order valence-electron chi connectivity index (χ0n) is 14.1. The van der Waals surface area contributed by atoms with Gasteiger partial charge in [0.25, 0.3) is 10.0 Å². The molecule has 0 aromatic heterocycles. The number of anilines is 1. The maximum Gasteiger partial charge on any atom is 0.250 e. The Labute approximate surface area is 155 Å². The number of benzene rings is 2. The Hall–Kier alpha value is -2.56. The molecule has 2 aromatic rings. The second kappa shape index (κ2) is 7.99. The van der Waals surface area contributed by atoms with E-state index in [4.69, 9.17) is 0 Å². The molecular weight excluding hydrogens is 378 g/mol. The van der Waals surface area contributed by atoms with Gasteiger partial charge in [0.2, 0.25) is 5.91 Å². The number of carbonyl (C=O) groups excluding carboxylic acids is 1. The highest BCUT2D eigenvalue weighted by molar-refractivity contribution is 7.93. The minimum absolute atomic E-state index is 0.0554. The predicted molar refractivity (Wildman–Crippen MR) is 95.6 cm³/mol. The van der Waals surface area contributed by atoms with E-state index in [9.17, 15) is 22.0 Å². The molecule has 3 rings (SSSR count). The van der Waals surface area contributed by atoms with E-state index in [0.717, 1.165) is 12.1 Å². The van der Waals surface area contributed by atoms with Crippen LogP contribution < -0.4 is 20.9 Å². The summed E-state index contributed by atoms with van der Waals surface area (Å²) < 4.78 is 54.1. The monoisotopic (exact) mass is 396 g/mol. The van der Waals surface area contributed by atoms with E-state index in [1.54, 1.807) is 6.07 Å². The normalized spacial score (nSPS) is 19.6. The SMILES string of the molecule is O=C(NCc1ccccc1F)C1CNNC1S(=O)(=O)Nc1ccc(F)cc1. The molecule has 0 aliphatic carbocycles. The van der Waals surface area contributed by atoms with Crippen molar-refractivity contribution in [2.24, 2.45) is 5.92 Å². The Balaban J connectivity index is 1.67. The summed E-state index contributed by atoms with van der Waals surface area (Å²) in [6, 6.07) is 10.8. The van der Waals surface area contributed by atoms with Gasteiger partial charge >= 0.3 is 0 Å². The van der Waals surface area contributed by atoms with Gasteiger partial charge < -0.3 is 5.32 Å². The fourth-order valence-electron chi connectivity index (χ4n) is 2.70. The number of rotatable bonds is 6. The third kappa shape index (κ3) is 4.59. The van der Waals surface area contributed by atoms with Gasteiger partial charge in [0.15, 0.2) is 5.37 Å². The van der Waals surface area contributed by atoms with Crippen molar-refractivity contribution in [1.82, 2.24) is 16.2 Å². The lowest BCUT2D eigenvalue weighted by atomic mass is 10.1. The van der Waals surface area contributed by atoms with E-state index in [2.05, 4.69) is 20.9 Å². The van der Waals surface area contributed by atoms with Crippen molar-refractivity contribution >= 4 is 21.6 Å². The number of sulfonamides is 1. The maximum atomic E-state index is 13.6. The molecule has 2 aromatic carbocycles. The molecule has 10 heteroatoms. The highest BCUT2D eigenvalue weighted by atomic mass is 32.2. The van der Waals surface area contributed by atoms with Crippen LogP contribution in [0.1, 0.15) is 5.56 Å². The first-order valence-corrected chi connectivity index (χ1v) is 9.68. The van der Waals surface area contributed by atoms with Gasteiger partial charge in [0, 0.05) is 24.3 Å². The third-order valence-corrected chi connectivity index (χ3v) is 5.75. The Kier molecular flexibility index (Phi) is 5.68. The average molecular weight is 396 g/mol. The number of hydrogen-bond donors (Lipinski definition) is 4. The minimum Gasteiger partial charge on any atom is -0.352 e. The molecule has 1 aliphatic heterocycles. The van der Waals surface area contributed by atoms with Crippen LogP contribution in [0.2, 0.25) is 0 Å². The largest absolute Gasteiger partial charge is 0.352 e. The van der Waals surface area contributed by atoms with Gasteiger partial charge in [0.05, 0.1) is 5.92 Å². The van der Waals surface area contributed by atoms with Gasteiger partial charge in [-0.2, -0.15) is 0 Å². The van der Waals surface area contributed by atoms with Crippen LogP contribution in [0.3, 0.4) is 0 Å². The molecule has 1 heterocycles. The van der Waals surface area contributed by atoms with Crippen LogP contribution in [0.15, 0.2) is 48.5 Å². The summed E-state index contributed by atoms with van der Waals surface area (Å²) >= 11 is 0. The van der Waals surface area contributed by atoms with Crippen LogP contribution >= 0.6 is 0 Å². The molecule has 2 atom stereocenters. The van der Waals surface area contributed by atoms with E-state index in [0.29, 0.717) is 5.56 Å². The molecule has 0 radical (unpaired) electrons. The first-order chi connectivity index (χ1) is 12.9. The van der Waals surface area contributed by atoms with E-state index in [1.807, 2.05) is 0 Å². The molecule has 2 unspecified atom stereocenters. The fourth-order valence-corrected chi connectivity index (χ4v) is 4.18. The van der Waals surface area contributed by atoms with Gasteiger partial charge in [-0.3, -0.25) is 14.9 Å². The number of carbonyl (C=O) groups is 1. The van der Waals surface area contributed by atoms with Gasteiger partial charge in [-0.1, -0.05) is 18.2 Å². The zero-order chi connectivity index (χ0) is 19.4. The molecule has 1 amide bonds. The van der Waals surface area contributed by atoms with Gasteiger partial charge in [0.1, 0.15) is 11.6 Å². The second-order valence-corrected chi connectivity index (χ2v) is 7.82. The van der Waals surface area contributed by atoms with E-state index in [1.165, 1.54) is 30.3 Å². The summed E-state index contributed by atoms with van der Waals surface area (Å²) in [6.45, 7) is 0.0261. The van der Waals surface area contributed by atoms with Crippen LogP contribution in [-0.2, 0) is 21.4 Å². The minimum atomic E-state index is -3.99. The van der Waals surface area contributed by atoms with Gasteiger partial charge in [-0.15, -0.1) is 0 Å². The van der Waals surface area contributed by atoms with Crippen molar-refractivity contribution in [3.63, 3.8) is 0 Å². The lowest BCUT2D eigenvalue weighted by Gasteiger charge is -2.19. The molecule has 27 heavy (non-hydrogen) atoms. The lowest BCUT2D eigenvalue weighted by Crippen LogP contribution is -2.46. The summed E-state index contributed by atoms with van der Waals surface area (Å²) in [5.41, 5.74) is 5.69. The van der Waals surface area contributed by atoms with Crippen molar-refractivity contribution in [3.8, 4) is 0 Å². The van der Waals surface area contributed by atoms with Crippen LogP contribution in [0.5, 0.6) is 0 Å². The molecule has 144 valence electrons. The number of halogens is 2. The average Bonchev–Trinajstić information content (AvgIpc) is 3.13. The summed E-state index contributed by atoms with van der Waals surface area (Å²) in [5, 5.41) is 1.31. The highest BCUT2D eigenvalue weighted by Gasteiger charge is 2.41. The van der Waals surface area contributed by atoms with Crippen molar-refractivity contribution in [2.45, 2.75) is 11.9 Å². The molecule has 1 aliphatic rings. The molecule has 7 nitrogen and oxygen atoms in total. The van der Waals surface area contributed by atoms with Gasteiger partial charge in [-0.25, -0.2) is 22.6 Å². The van der Waals surface area contributed by atoms with Crippen molar-refractivity contribution in [1.29, 1.82) is 0 Å². The number of amides is 1. The molecule has 0 spiro atoms. The summed E-state index contributed by atoms with van der Waals surface area (Å²) in [7, 11) is -3.99. The standard InChI is InChI=1S/C17H18F2N4O3S/c18-12-5-7-13(8-6-12)23-27(25,26)17-14(10-21-22-17)16(24)20-9-11-3-1-2-4-15(11)19/h1-8,14,17,21-23H,9-10H2,(H,20,24). The first kappa shape index (κ1) is 19.2. The predicted octanol–water partition coefficient (Wildman–Crippen LogP) is 1.07. The van der Waals surface area contributed by atoms with Crippen LogP contribution in [0, 0.1) is 17.6 Å². The van der Waals surface area contributed by atoms with Crippen LogP contribution in [0.4, 0.5) is 14.5 Å². The molecule has 1 saturated heterocycles. The Morgan fingerprint density at radius 2 is 1.81 bits per heavy atom. The molecule has 4 N–H and O–H groups in total. The second-order valence-electron chi connectivity index (χ2n) is 6.02. The fraction of sp³-hybridized carbons (Fsp3) is 0.235. The first-order valence-electron chi connectivity index (χ1n) is 8.13. The van der Waals surface area contributed by atoms with E-state index < -0.39 is 38.9 Å². The van der Waals surface area contributed by atoms with Crippen molar-refractivity contribution < 1.29 is 22.0 Å².